The number of anilines is 1. The van der Waals surface area contributed by atoms with Gasteiger partial charge in [-0.15, -0.1) is 0 Å². The smallest absolute Gasteiger partial charge is 0.319 e. The lowest BCUT2D eigenvalue weighted by Crippen LogP contribution is -2.33. The second kappa shape index (κ2) is 8.10. The average Bonchev–Trinajstić information content (AvgIpc) is 2.67. The third-order valence-electron chi connectivity index (χ3n) is 5.01. The lowest BCUT2D eigenvalue weighted by molar-refractivity contribution is 0.251. The minimum atomic E-state index is -3.57. The van der Waals surface area contributed by atoms with E-state index in [2.05, 4.69) is 33.6 Å². The number of nitrogens with one attached hydrogen (secondary N) is 3. The standard InChI is InChI=1S/C20H25N3O3S/c1-14-10-11-17(12-19(14)27(25,26)21-2)23-20(24)22-13-16-8-5-7-15-6-3-4-9-18(15)16/h3-4,6,9-12,16,21H,5,7-8,13H2,1-2H3,(H2,22,23,24). The molecular weight excluding hydrogens is 362 g/mol. The number of rotatable bonds is 5. The SMILES string of the molecule is CNS(=O)(=O)c1cc(NC(=O)NCC2CCCc3ccccc32)ccc1C. The Hall–Kier alpha value is -2.38. The van der Waals surface area contributed by atoms with Crippen LogP contribution in [0.1, 0.15) is 35.4 Å². The summed E-state index contributed by atoms with van der Waals surface area (Å²) in [6.07, 6.45) is 3.26. The number of carbonyl (C=O) groups excluding carboxylic acids is 1. The predicted octanol–water partition coefficient (Wildman–Crippen LogP) is 3.14. The summed E-state index contributed by atoms with van der Waals surface area (Å²) in [4.78, 5) is 12.5. The van der Waals surface area contributed by atoms with E-state index in [1.807, 2.05) is 6.07 Å². The summed E-state index contributed by atoms with van der Waals surface area (Å²) in [6.45, 7) is 2.27. The van der Waals surface area contributed by atoms with Crippen molar-refractivity contribution in [3.63, 3.8) is 0 Å². The first-order chi connectivity index (χ1) is 12.9. The topological polar surface area (TPSA) is 87.3 Å². The zero-order valence-electron chi connectivity index (χ0n) is 15.6. The van der Waals surface area contributed by atoms with Gasteiger partial charge in [0, 0.05) is 18.2 Å². The molecule has 1 atom stereocenters. The second-order valence-electron chi connectivity index (χ2n) is 6.81. The number of aryl methyl sites for hydroxylation is 2. The summed E-state index contributed by atoms with van der Waals surface area (Å²) in [5.41, 5.74) is 3.73. The van der Waals surface area contributed by atoms with Gasteiger partial charge in [0.05, 0.1) is 4.90 Å². The molecule has 3 N–H and O–H groups in total. The first-order valence-corrected chi connectivity index (χ1v) is 10.6. The van der Waals surface area contributed by atoms with Gasteiger partial charge in [-0.1, -0.05) is 30.3 Å². The molecule has 2 aromatic rings. The quantitative estimate of drug-likeness (QED) is 0.736. The van der Waals surface area contributed by atoms with E-state index in [0.29, 0.717) is 23.7 Å². The second-order valence-corrected chi connectivity index (χ2v) is 8.67. The highest BCUT2D eigenvalue weighted by molar-refractivity contribution is 7.89. The molecule has 3 rings (SSSR count). The van der Waals surface area contributed by atoms with Crippen molar-refractivity contribution in [3.05, 3.63) is 59.2 Å². The van der Waals surface area contributed by atoms with E-state index in [4.69, 9.17) is 0 Å². The Morgan fingerprint density at radius 2 is 1.96 bits per heavy atom. The van der Waals surface area contributed by atoms with E-state index < -0.39 is 10.0 Å². The number of carbonyl (C=O) groups is 1. The van der Waals surface area contributed by atoms with Gasteiger partial charge in [-0.3, -0.25) is 0 Å². The van der Waals surface area contributed by atoms with Crippen LogP contribution in [0, 0.1) is 6.92 Å². The number of urea groups is 1. The number of fused-ring (bicyclic) bond motifs is 1. The summed E-state index contributed by atoms with van der Waals surface area (Å²) >= 11 is 0. The monoisotopic (exact) mass is 387 g/mol. The van der Waals surface area contributed by atoms with Gasteiger partial charge in [0.15, 0.2) is 0 Å². The summed E-state index contributed by atoms with van der Waals surface area (Å²) in [6, 6.07) is 12.9. The highest BCUT2D eigenvalue weighted by Crippen LogP contribution is 2.30. The van der Waals surface area contributed by atoms with Crippen molar-refractivity contribution in [1.29, 1.82) is 0 Å². The molecule has 2 amide bonds. The van der Waals surface area contributed by atoms with Crippen molar-refractivity contribution in [2.45, 2.75) is 37.0 Å². The van der Waals surface area contributed by atoms with Crippen LogP contribution < -0.4 is 15.4 Å². The van der Waals surface area contributed by atoms with Crippen LogP contribution in [0.5, 0.6) is 0 Å². The molecule has 0 heterocycles. The molecule has 6 nitrogen and oxygen atoms in total. The minimum Gasteiger partial charge on any atom is -0.337 e. The van der Waals surface area contributed by atoms with E-state index >= 15 is 0 Å². The average molecular weight is 388 g/mol. The maximum absolute atomic E-state index is 12.3. The van der Waals surface area contributed by atoms with E-state index in [0.717, 1.165) is 19.3 Å². The lowest BCUT2D eigenvalue weighted by atomic mass is 9.83. The van der Waals surface area contributed by atoms with Gasteiger partial charge in [0.25, 0.3) is 0 Å². The Bertz CT molecular complexity index is 941. The van der Waals surface area contributed by atoms with Gasteiger partial charge in [0.2, 0.25) is 10.0 Å². The zero-order valence-corrected chi connectivity index (χ0v) is 16.4. The first-order valence-electron chi connectivity index (χ1n) is 9.07. The van der Waals surface area contributed by atoms with Gasteiger partial charge in [-0.2, -0.15) is 0 Å². The zero-order chi connectivity index (χ0) is 19.4. The maximum Gasteiger partial charge on any atom is 0.319 e. The molecule has 27 heavy (non-hydrogen) atoms. The van der Waals surface area contributed by atoms with Crippen molar-refractivity contribution < 1.29 is 13.2 Å². The van der Waals surface area contributed by atoms with Crippen molar-refractivity contribution in [3.8, 4) is 0 Å². The molecule has 0 radical (unpaired) electrons. The van der Waals surface area contributed by atoms with Crippen LogP contribution in [0.3, 0.4) is 0 Å². The van der Waals surface area contributed by atoms with Crippen molar-refractivity contribution in [1.82, 2.24) is 10.0 Å². The Labute approximate surface area is 160 Å². The van der Waals surface area contributed by atoms with Gasteiger partial charge in [0.1, 0.15) is 0 Å². The Morgan fingerprint density at radius 3 is 2.74 bits per heavy atom. The van der Waals surface area contributed by atoms with Gasteiger partial charge in [-0.05, 0) is 62.1 Å². The molecule has 1 unspecified atom stereocenters. The van der Waals surface area contributed by atoms with Crippen molar-refractivity contribution >= 4 is 21.7 Å². The van der Waals surface area contributed by atoms with E-state index in [1.165, 1.54) is 24.2 Å². The molecule has 0 fully saturated rings. The number of amides is 2. The first kappa shape index (κ1) is 19.4. The van der Waals surface area contributed by atoms with E-state index in [1.54, 1.807) is 19.1 Å². The van der Waals surface area contributed by atoms with Crippen LogP contribution in [0.2, 0.25) is 0 Å². The van der Waals surface area contributed by atoms with E-state index in [9.17, 15) is 13.2 Å². The Morgan fingerprint density at radius 1 is 1.19 bits per heavy atom. The van der Waals surface area contributed by atoms with Gasteiger partial charge < -0.3 is 10.6 Å². The van der Waals surface area contributed by atoms with Crippen LogP contribution in [0.25, 0.3) is 0 Å². The summed E-state index contributed by atoms with van der Waals surface area (Å²) in [7, 11) is -2.21. The van der Waals surface area contributed by atoms with Crippen molar-refractivity contribution in [2.24, 2.45) is 0 Å². The minimum absolute atomic E-state index is 0.156. The fourth-order valence-electron chi connectivity index (χ4n) is 3.54. The Balaban J connectivity index is 1.65. The summed E-state index contributed by atoms with van der Waals surface area (Å²) in [5.74, 6) is 0.305. The van der Waals surface area contributed by atoms with E-state index in [-0.39, 0.29) is 10.9 Å². The molecule has 144 valence electrons. The van der Waals surface area contributed by atoms with Gasteiger partial charge >= 0.3 is 6.03 Å². The van der Waals surface area contributed by atoms with Crippen molar-refractivity contribution in [2.75, 3.05) is 18.9 Å². The van der Waals surface area contributed by atoms with Crippen LogP contribution in [0.4, 0.5) is 10.5 Å². The number of sulfonamides is 1. The molecule has 0 aromatic heterocycles. The highest BCUT2D eigenvalue weighted by Gasteiger charge is 2.20. The number of hydrogen-bond donors (Lipinski definition) is 3. The molecule has 0 saturated carbocycles. The lowest BCUT2D eigenvalue weighted by Gasteiger charge is -2.25. The summed E-state index contributed by atoms with van der Waals surface area (Å²) < 4.78 is 26.4. The number of hydrogen-bond acceptors (Lipinski definition) is 3. The number of benzene rings is 2. The molecule has 2 aromatic carbocycles. The largest absolute Gasteiger partial charge is 0.337 e. The van der Waals surface area contributed by atoms with Crippen LogP contribution in [-0.2, 0) is 16.4 Å². The predicted molar refractivity (Wildman–Crippen MR) is 107 cm³/mol. The van der Waals surface area contributed by atoms with Crippen LogP contribution in [-0.4, -0.2) is 28.0 Å². The molecule has 1 aliphatic rings. The molecular formula is C20H25N3O3S. The van der Waals surface area contributed by atoms with Crippen LogP contribution in [0.15, 0.2) is 47.4 Å². The van der Waals surface area contributed by atoms with Gasteiger partial charge in [-0.25, -0.2) is 17.9 Å². The fourth-order valence-corrected chi connectivity index (χ4v) is 4.53. The fraction of sp³-hybridized carbons (Fsp3) is 0.350. The third-order valence-corrected chi connectivity index (χ3v) is 6.56. The Kier molecular flexibility index (Phi) is 5.82. The van der Waals surface area contributed by atoms with Crippen LogP contribution >= 0.6 is 0 Å². The molecule has 0 aliphatic heterocycles. The summed E-state index contributed by atoms with van der Waals surface area (Å²) in [5, 5.41) is 5.64. The normalized spacial score (nSPS) is 16.4. The molecule has 1 aliphatic carbocycles. The third kappa shape index (κ3) is 4.48. The highest BCUT2D eigenvalue weighted by atomic mass is 32.2. The molecule has 0 bridgehead atoms. The molecule has 7 heteroatoms. The molecule has 0 saturated heterocycles. The maximum atomic E-state index is 12.3. The molecule has 0 spiro atoms.